The van der Waals surface area contributed by atoms with Gasteiger partial charge in [0.25, 0.3) is 0 Å². The third kappa shape index (κ3) is 3.72. The molecule has 4 atom stereocenters. The molecule has 0 aromatic heterocycles. The van der Waals surface area contributed by atoms with E-state index in [1.54, 1.807) is 0 Å². The second-order valence-electron chi connectivity index (χ2n) is 6.62. The van der Waals surface area contributed by atoms with E-state index in [4.69, 9.17) is 5.73 Å². The number of carbonyl (C=O) groups excluding carboxylic acids is 1. The number of carboxylic acid groups (broad SMARTS) is 1. The fraction of sp³-hybridized carbons (Fsp3) is 0.867. The number of nitrogens with two attached hydrogens (primary N) is 1. The zero-order valence-corrected chi connectivity index (χ0v) is 13.0. The largest absolute Gasteiger partial charge is 0.481 e. The summed E-state index contributed by atoms with van der Waals surface area (Å²) < 4.78 is 0. The van der Waals surface area contributed by atoms with Crippen LogP contribution in [0.1, 0.15) is 53.4 Å². The van der Waals surface area contributed by atoms with Crippen molar-refractivity contribution in [3.8, 4) is 0 Å². The molecule has 0 bridgehead atoms. The van der Waals surface area contributed by atoms with Gasteiger partial charge >= 0.3 is 5.97 Å². The van der Waals surface area contributed by atoms with Crippen LogP contribution in [0.25, 0.3) is 0 Å². The van der Waals surface area contributed by atoms with E-state index in [1.165, 1.54) is 0 Å². The summed E-state index contributed by atoms with van der Waals surface area (Å²) in [5.41, 5.74) is 5.47. The molecule has 4 unspecified atom stereocenters. The molecule has 0 aliphatic heterocycles. The summed E-state index contributed by atoms with van der Waals surface area (Å²) in [5, 5.41) is 12.3. The summed E-state index contributed by atoms with van der Waals surface area (Å²) in [6, 6.07) is -0.0640. The first-order chi connectivity index (χ1) is 9.20. The molecule has 1 fully saturated rings. The molecule has 0 aromatic carbocycles. The molecule has 5 heteroatoms. The molecule has 0 heterocycles. The van der Waals surface area contributed by atoms with Crippen LogP contribution in [0.5, 0.6) is 0 Å². The lowest BCUT2D eigenvalue weighted by atomic mass is 9.61. The van der Waals surface area contributed by atoms with E-state index in [-0.39, 0.29) is 35.2 Å². The summed E-state index contributed by atoms with van der Waals surface area (Å²) in [7, 11) is 0. The Kier molecular flexibility index (Phi) is 5.57. The molecule has 5 nitrogen and oxygen atoms in total. The van der Waals surface area contributed by atoms with Gasteiger partial charge in [-0.1, -0.05) is 27.7 Å². The monoisotopic (exact) mass is 284 g/mol. The van der Waals surface area contributed by atoms with E-state index in [0.29, 0.717) is 19.3 Å². The molecule has 0 radical (unpaired) electrons. The molecule has 0 aromatic rings. The van der Waals surface area contributed by atoms with Gasteiger partial charge in [-0.3, -0.25) is 9.59 Å². The summed E-state index contributed by atoms with van der Waals surface area (Å²) in [6.07, 6.45) is 2.44. The Hall–Kier alpha value is -1.10. The van der Waals surface area contributed by atoms with Crippen molar-refractivity contribution in [2.75, 3.05) is 0 Å². The van der Waals surface area contributed by atoms with Crippen molar-refractivity contribution in [1.29, 1.82) is 0 Å². The Morgan fingerprint density at radius 1 is 1.40 bits per heavy atom. The minimum atomic E-state index is -0.736. The van der Waals surface area contributed by atoms with E-state index in [9.17, 15) is 14.7 Å². The van der Waals surface area contributed by atoms with Crippen LogP contribution in [-0.4, -0.2) is 29.1 Å². The highest BCUT2D eigenvalue weighted by molar-refractivity contribution is 5.77. The number of aliphatic carboxylic acids is 1. The Labute approximate surface area is 121 Å². The number of carbonyl (C=O) groups is 2. The van der Waals surface area contributed by atoms with Crippen molar-refractivity contribution >= 4 is 11.9 Å². The third-order valence-corrected chi connectivity index (χ3v) is 5.06. The second kappa shape index (κ2) is 6.57. The smallest absolute Gasteiger partial charge is 0.307 e. The average Bonchev–Trinajstić information content (AvgIpc) is 2.34. The summed E-state index contributed by atoms with van der Waals surface area (Å²) in [4.78, 5) is 23.3. The Balaban J connectivity index is 2.66. The number of hydrogen-bond donors (Lipinski definition) is 3. The predicted molar refractivity (Wildman–Crippen MR) is 78.1 cm³/mol. The minimum Gasteiger partial charge on any atom is -0.481 e. The van der Waals surface area contributed by atoms with Crippen LogP contribution in [0.3, 0.4) is 0 Å². The van der Waals surface area contributed by atoms with Gasteiger partial charge in [0.05, 0.1) is 5.92 Å². The Morgan fingerprint density at radius 2 is 2.00 bits per heavy atom. The number of rotatable bonds is 5. The average molecular weight is 284 g/mol. The first-order valence-electron chi connectivity index (χ1n) is 7.47. The van der Waals surface area contributed by atoms with Crippen molar-refractivity contribution in [1.82, 2.24) is 5.32 Å². The Bertz CT molecular complexity index is 368. The van der Waals surface area contributed by atoms with Crippen molar-refractivity contribution in [3.05, 3.63) is 0 Å². The topological polar surface area (TPSA) is 92.4 Å². The van der Waals surface area contributed by atoms with Gasteiger partial charge in [-0.15, -0.1) is 0 Å². The van der Waals surface area contributed by atoms with E-state index in [1.807, 2.05) is 27.7 Å². The van der Waals surface area contributed by atoms with Crippen LogP contribution in [-0.2, 0) is 9.59 Å². The maximum atomic E-state index is 11.9. The van der Waals surface area contributed by atoms with Crippen LogP contribution >= 0.6 is 0 Å². The number of nitrogens with one attached hydrogen (secondary N) is 1. The molecule has 1 aliphatic carbocycles. The lowest BCUT2D eigenvalue weighted by Crippen LogP contribution is -2.52. The predicted octanol–water partition coefficient (Wildman–Crippen LogP) is 1.76. The third-order valence-electron chi connectivity index (χ3n) is 5.06. The van der Waals surface area contributed by atoms with Crippen LogP contribution < -0.4 is 11.1 Å². The second-order valence-corrected chi connectivity index (χ2v) is 6.62. The standard InChI is InChI=1S/C15H28N2O3/c1-5-10(16)8-13(18)17-12-7-6-11(14(19)20)15(3,4)9(12)2/h9-12H,5-8,16H2,1-4H3,(H,17,18)(H,19,20). The van der Waals surface area contributed by atoms with Crippen molar-refractivity contribution < 1.29 is 14.7 Å². The van der Waals surface area contributed by atoms with E-state index >= 15 is 0 Å². The number of hydrogen-bond acceptors (Lipinski definition) is 3. The zero-order chi connectivity index (χ0) is 15.5. The van der Waals surface area contributed by atoms with Gasteiger partial charge in [0.2, 0.25) is 5.91 Å². The molecular weight excluding hydrogens is 256 g/mol. The van der Waals surface area contributed by atoms with E-state index in [2.05, 4.69) is 5.32 Å². The van der Waals surface area contributed by atoms with E-state index < -0.39 is 5.97 Å². The maximum Gasteiger partial charge on any atom is 0.307 e. The van der Waals surface area contributed by atoms with Gasteiger partial charge in [0, 0.05) is 18.5 Å². The molecule has 0 spiro atoms. The molecule has 116 valence electrons. The minimum absolute atomic E-state index is 0.0271. The van der Waals surface area contributed by atoms with Gasteiger partial charge in [0.1, 0.15) is 0 Å². The quantitative estimate of drug-likeness (QED) is 0.717. The number of carboxylic acids is 1. The van der Waals surface area contributed by atoms with Crippen LogP contribution in [0.15, 0.2) is 0 Å². The summed E-state index contributed by atoms with van der Waals surface area (Å²) >= 11 is 0. The maximum absolute atomic E-state index is 11.9. The SMILES string of the molecule is CCC(N)CC(=O)NC1CCC(C(=O)O)C(C)(C)C1C. The highest BCUT2D eigenvalue weighted by atomic mass is 16.4. The normalized spacial score (nSPS) is 30.6. The Morgan fingerprint density at radius 3 is 2.50 bits per heavy atom. The summed E-state index contributed by atoms with van der Waals surface area (Å²) in [6.45, 7) is 7.95. The lowest BCUT2D eigenvalue weighted by molar-refractivity contribution is -0.150. The van der Waals surface area contributed by atoms with Gasteiger partial charge < -0.3 is 16.2 Å². The molecule has 1 rings (SSSR count). The fourth-order valence-corrected chi connectivity index (χ4v) is 3.09. The van der Waals surface area contributed by atoms with Gasteiger partial charge in [0.15, 0.2) is 0 Å². The van der Waals surface area contributed by atoms with Crippen LogP contribution in [0.2, 0.25) is 0 Å². The molecule has 1 aliphatic rings. The van der Waals surface area contributed by atoms with Crippen molar-refractivity contribution in [2.24, 2.45) is 23.0 Å². The first kappa shape index (κ1) is 17.0. The fourth-order valence-electron chi connectivity index (χ4n) is 3.09. The molecule has 20 heavy (non-hydrogen) atoms. The van der Waals surface area contributed by atoms with E-state index in [0.717, 1.165) is 6.42 Å². The first-order valence-corrected chi connectivity index (χ1v) is 7.47. The van der Waals surface area contributed by atoms with Crippen molar-refractivity contribution in [3.63, 3.8) is 0 Å². The zero-order valence-electron chi connectivity index (χ0n) is 13.0. The van der Waals surface area contributed by atoms with Gasteiger partial charge in [-0.25, -0.2) is 0 Å². The lowest BCUT2D eigenvalue weighted by Gasteiger charge is -2.46. The highest BCUT2D eigenvalue weighted by Crippen LogP contribution is 2.45. The van der Waals surface area contributed by atoms with Gasteiger partial charge in [-0.05, 0) is 30.6 Å². The van der Waals surface area contributed by atoms with Crippen LogP contribution in [0.4, 0.5) is 0 Å². The molecule has 1 saturated carbocycles. The highest BCUT2D eigenvalue weighted by Gasteiger charge is 2.46. The van der Waals surface area contributed by atoms with Crippen LogP contribution in [0, 0.1) is 17.3 Å². The van der Waals surface area contributed by atoms with Gasteiger partial charge in [-0.2, -0.15) is 0 Å². The molecule has 0 saturated heterocycles. The summed E-state index contributed by atoms with van der Waals surface area (Å²) in [5.74, 6) is -0.983. The molecule has 1 amide bonds. The number of amides is 1. The molecular formula is C15H28N2O3. The molecule has 4 N–H and O–H groups in total. The van der Waals surface area contributed by atoms with Crippen molar-refractivity contribution in [2.45, 2.75) is 65.5 Å².